The molecule has 0 bridgehead atoms. The molecule has 2 amide bonds. The number of hydrogen-bond acceptors (Lipinski definition) is 7. The molecule has 1 atom stereocenters. The predicted molar refractivity (Wildman–Crippen MR) is 90.5 cm³/mol. The topological polar surface area (TPSA) is 111 Å². The Morgan fingerprint density at radius 1 is 1.40 bits per heavy atom. The van der Waals surface area contributed by atoms with Crippen molar-refractivity contribution in [2.75, 3.05) is 17.2 Å². The first kappa shape index (κ1) is 17.0. The van der Waals surface area contributed by atoms with Gasteiger partial charge in [-0.2, -0.15) is 0 Å². The van der Waals surface area contributed by atoms with Gasteiger partial charge in [0.1, 0.15) is 5.76 Å². The summed E-state index contributed by atoms with van der Waals surface area (Å²) in [5.41, 5.74) is 0.810. The molecule has 1 aliphatic heterocycles. The second kappa shape index (κ2) is 6.98. The van der Waals surface area contributed by atoms with Gasteiger partial charge < -0.3 is 19.9 Å². The van der Waals surface area contributed by atoms with E-state index < -0.39 is 18.5 Å². The van der Waals surface area contributed by atoms with Crippen LogP contribution in [0.2, 0.25) is 0 Å². The normalized spacial score (nSPS) is 15.9. The number of rotatable bonds is 4. The van der Waals surface area contributed by atoms with E-state index in [-0.39, 0.29) is 22.5 Å². The van der Waals surface area contributed by atoms with E-state index >= 15 is 0 Å². The molecule has 0 spiro atoms. The van der Waals surface area contributed by atoms with Gasteiger partial charge in [-0.1, -0.05) is 5.16 Å². The molecular weight excluding hydrogens is 346 g/mol. The van der Waals surface area contributed by atoms with E-state index in [4.69, 9.17) is 9.26 Å². The number of fused-ring (bicyclic) bond motifs is 1. The van der Waals surface area contributed by atoms with Gasteiger partial charge in [-0.15, -0.1) is 11.8 Å². The molecule has 2 heterocycles. The lowest BCUT2D eigenvalue weighted by Gasteiger charge is -2.21. The minimum Gasteiger partial charge on any atom is -0.452 e. The zero-order chi connectivity index (χ0) is 18.0. The number of benzene rings is 1. The number of aromatic nitrogens is 1. The van der Waals surface area contributed by atoms with Crippen LogP contribution in [0.3, 0.4) is 0 Å². The molecule has 3 rings (SSSR count). The second-order valence-electron chi connectivity index (χ2n) is 5.41. The van der Waals surface area contributed by atoms with Crippen molar-refractivity contribution < 1.29 is 23.6 Å². The third kappa shape index (κ3) is 4.00. The molecule has 0 aliphatic carbocycles. The molecule has 0 saturated carbocycles. The number of nitrogens with zero attached hydrogens (tertiary/aromatic N) is 1. The fraction of sp³-hybridized carbons (Fsp3) is 0.250. The summed E-state index contributed by atoms with van der Waals surface area (Å²) in [4.78, 5) is 36.4. The van der Waals surface area contributed by atoms with Crippen LogP contribution in [0.15, 0.2) is 33.7 Å². The number of ether oxygens (including phenoxy) is 1. The van der Waals surface area contributed by atoms with Crippen molar-refractivity contribution in [2.24, 2.45) is 0 Å². The number of amides is 2. The summed E-state index contributed by atoms with van der Waals surface area (Å²) in [6.45, 7) is 3.04. The maximum Gasteiger partial charge on any atom is 0.338 e. The van der Waals surface area contributed by atoms with Gasteiger partial charge >= 0.3 is 5.97 Å². The minimum absolute atomic E-state index is 0.120. The second-order valence-corrected chi connectivity index (χ2v) is 6.79. The molecule has 0 radical (unpaired) electrons. The fourth-order valence-electron chi connectivity index (χ4n) is 2.15. The van der Waals surface area contributed by atoms with E-state index in [1.807, 2.05) is 0 Å². The van der Waals surface area contributed by atoms with E-state index in [1.165, 1.54) is 17.8 Å². The third-order valence-electron chi connectivity index (χ3n) is 3.38. The van der Waals surface area contributed by atoms with Crippen molar-refractivity contribution in [3.05, 3.63) is 35.6 Å². The lowest BCUT2D eigenvalue weighted by molar-refractivity contribution is -0.119. The maximum absolute atomic E-state index is 12.1. The number of hydrogen-bond donors (Lipinski definition) is 2. The van der Waals surface area contributed by atoms with Crippen molar-refractivity contribution in [1.29, 1.82) is 0 Å². The molecule has 2 aromatic rings. The SMILES string of the molecule is Cc1cc(NC(=O)COC(=O)c2ccc3c(c2)NC(=O)C(C)S3)no1. The Morgan fingerprint density at radius 2 is 2.20 bits per heavy atom. The summed E-state index contributed by atoms with van der Waals surface area (Å²) in [6.07, 6.45) is 0. The van der Waals surface area contributed by atoms with E-state index in [1.54, 1.807) is 32.0 Å². The van der Waals surface area contributed by atoms with Crippen LogP contribution >= 0.6 is 11.8 Å². The Bertz CT molecular complexity index is 848. The van der Waals surface area contributed by atoms with Crippen LogP contribution in [0, 0.1) is 6.92 Å². The number of esters is 1. The van der Waals surface area contributed by atoms with E-state index in [0.29, 0.717) is 11.4 Å². The van der Waals surface area contributed by atoms with Gasteiger partial charge in [-0.05, 0) is 32.0 Å². The number of carbonyl (C=O) groups excluding carboxylic acids is 3. The quantitative estimate of drug-likeness (QED) is 0.803. The van der Waals surface area contributed by atoms with Crippen molar-refractivity contribution in [1.82, 2.24) is 5.16 Å². The van der Waals surface area contributed by atoms with Crippen LogP contribution in [0.4, 0.5) is 11.5 Å². The molecular formula is C16H15N3O5S. The van der Waals surface area contributed by atoms with Crippen LogP contribution in [-0.2, 0) is 14.3 Å². The average molecular weight is 361 g/mol. The van der Waals surface area contributed by atoms with Crippen LogP contribution in [0.1, 0.15) is 23.0 Å². The van der Waals surface area contributed by atoms with Gasteiger partial charge in [0.25, 0.3) is 5.91 Å². The van der Waals surface area contributed by atoms with Gasteiger partial charge in [-0.25, -0.2) is 4.79 Å². The monoisotopic (exact) mass is 361 g/mol. The smallest absolute Gasteiger partial charge is 0.338 e. The van der Waals surface area contributed by atoms with Crippen molar-refractivity contribution in [2.45, 2.75) is 24.0 Å². The van der Waals surface area contributed by atoms with Crippen LogP contribution < -0.4 is 10.6 Å². The molecule has 130 valence electrons. The Morgan fingerprint density at radius 3 is 2.92 bits per heavy atom. The molecule has 1 aromatic carbocycles. The number of anilines is 2. The Kier molecular flexibility index (Phi) is 4.75. The van der Waals surface area contributed by atoms with Gasteiger partial charge in [0, 0.05) is 11.0 Å². The van der Waals surface area contributed by atoms with Crippen LogP contribution in [0.25, 0.3) is 0 Å². The lowest BCUT2D eigenvalue weighted by Crippen LogP contribution is -2.26. The molecule has 25 heavy (non-hydrogen) atoms. The summed E-state index contributed by atoms with van der Waals surface area (Å²) in [5, 5.41) is 8.61. The molecule has 0 fully saturated rings. The zero-order valence-corrected chi connectivity index (χ0v) is 14.3. The Labute approximate surface area is 147 Å². The lowest BCUT2D eigenvalue weighted by atomic mass is 10.2. The summed E-state index contributed by atoms with van der Waals surface area (Å²) in [7, 11) is 0. The standard InChI is InChI=1S/C16H15N3O5S/c1-8-5-13(19-24-8)18-14(20)7-23-16(22)10-3-4-12-11(6-10)17-15(21)9(2)25-12/h3-6,9H,7H2,1-2H3,(H,17,21)(H,18,19,20). The number of thioether (sulfide) groups is 1. The first-order valence-corrected chi connectivity index (χ1v) is 8.32. The molecule has 2 N–H and O–H groups in total. The molecule has 1 unspecified atom stereocenters. The van der Waals surface area contributed by atoms with Crippen molar-refractivity contribution >= 4 is 41.1 Å². The Balaban J connectivity index is 1.59. The molecule has 0 saturated heterocycles. The average Bonchev–Trinajstić information content (AvgIpc) is 2.98. The largest absolute Gasteiger partial charge is 0.452 e. The van der Waals surface area contributed by atoms with Crippen molar-refractivity contribution in [3.8, 4) is 0 Å². The highest BCUT2D eigenvalue weighted by Gasteiger charge is 2.24. The predicted octanol–water partition coefficient (Wildman–Crippen LogP) is 2.21. The molecule has 8 nitrogen and oxygen atoms in total. The minimum atomic E-state index is -0.660. The number of carbonyl (C=O) groups is 3. The fourth-order valence-corrected chi connectivity index (χ4v) is 3.08. The number of nitrogens with one attached hydrogen (secondary N) is 2. The highest BCUT2D eigenvalue weighted by molar-refractivity contribution is 8.00. The van der Waals surface area contributed by atoms with Crippen LogP contribution in [0.5, 0.6) is 0 Å². The summed E-state index contributed by atoms with van der Waals surface area (Å²) >= 11 is 1.42. The highest BCUT2D eigenvalue weighted by Crippen LogP contribution is 2.35. The first-order chi connectivity index (χ1) is 11.9. The Hall–Kier alpha value is -2.81. The molecule has 9 heteroatoms. The van der Waals surface area contributed by atoms with E-state index in [0.717, 1.165) is 4.90 Å². The maximum atomic E-state index is 12.1. The highest BCUT2D eigenvalue weighted by atomic mass is 32.2. The molecule has 1 aliphatic rings. The zero-order valence-electron chi connectivity index (χ0n) is 13.5. The first-order valence-electron chi connectivity index (χ1n) is 7.44. The third-order valence-corrected chi connectivity index (χ3v) is 4.55. The summed E-state index contributed by atoms with van der Waals surface area (Å²) in [6, 6.07) is 6.42. The van der Waals surface area contributed by atoms with Gasteiger partial charge in [-0.3, -0.25) is 9.59 Å². The summed E-state index contributed by atoms with van der Waals surface area (Å²) < 4.78 is 9.80. The summed E-state index contributed by atoms with van der Waals surface area (Å²) in [5.74, 6) is -0.508. The van der Waals surface area contributed by atoms with Crippen LogP contribution in [-0.4, -0.2) is 34.8 Å². The molecule has 1 aromatic heterocycles. The van der Waals surface area contributed by atoms with Crippen molar-refractivity contribution in [3.63, 3.8) is 0 Å². The van der Waals surface area contributed by atoms with Gasteiger partial charge in [0.05, 0.1) is 16.5 Å². The van der Waals surface area contributed by atoms with Gasteiger partial charge in [0.2, 0.25) is 5.91 Å². The van der Waals surface area contributed by atoms with E-state index in [9.17, 15) is 14.4 Å². The number of aryl methyl sites for hydroxylation is 1. The van der Waals surface area contributed by atoms with E-state index in [2.05, 4.69) is 15.8 Å². The van der Waals surface area contributed by atoms with Gasteiger partial charge in [0.15, 0.2) is 12.4 Å².